The van der Waals surface area contributed by atoms with E-state index in [9.17, 15) is 14.4 Å². The third-order valence-corrected chi connectivity index (χ3v) is 6.51. The van der Waals surface area contributed by atoms with E-state index in [2.05, 4.69) is 4.90 Å². The van der Waals surface area contributed by atoms with Crippen LogP contribution >= 0.6 is 0 Å². The Kier molecular flexibility index (Phi) is 6.52. The zero-order valence-corrected chi connectivity index (χ0v) is 19.8. The maximum absolute atomic E-state index is 13.7. The molecule has 9 nitrogen and oxygen atoms in total. The van der Waals surface area contributed by atoms with Crippen molar-refractivity contribution in [3.63, 3.8) is 0 Å². The Balaban J connectivity index is 1.51. The van der Waals surface area contributed by atoms with Crippen molar-refractivity contribution >= 4 is 23.6 Å². The van der Waals surface area contributed by atoms with Gasteiger partial charge in [0.05, 0.1) is 19.9 Å². The molecule has 3 aliphatic heterocycles. The van der Waals surface area contributed by atoms with Crippen LogP contribution in [-0.2, 0) is 19.1 Å². The topological polar surface area (TPSA) is 82.6 Å². The van der Waals surface area contributed by atoms with Gasteiger partial charge in [-0.3, -0.25) is 9.59 Å². The minimum Gasteiger partial charge on any atom is -0.444 e. The van der Waals surface area contributed by atoms with Gasteiger partial charge in [-0.25, -0.2) is 4.79 Å². The van der Waals surface area contributed by atoms with E-state index in [1.54, 1.807) is 14.7 Å². The molecular weight excluding hydrogens is 424 g/mol. The Morgan fingerprint density at radius 1 is 1.00 bits per heavy atom. The number of anilines is 1. The van der Waals surface area contributed by atoms with E-state index in [4.69, 9.17) is 9.47 Å². The fourth-order valence-electron chi connectivity index (χ4n) is 4.78. The number of amides is 3. The van der Waals surface area contributed by atoms with Crippen LogP contribution in [-0.4, -0.2) is 96.4 Å². The molecule has 33 heavy (non-hydrogen) atoms. The van der Waals surface area contributed by atoms with Gasteiger partial charge in [0.15, 0.2) is 0 Å². The van der Waals surface area contributed by atoms with E-state index in [0.29, 0.717) is 58.9 Å². The number of morpholine rings is 1. The molecule has 1 spiro atoms. The largest absolute Gasteiger partial charge is 0.444 e. The van der Waals surface area contributed by atoms with Gasteiger partial charge >= 0.3 is 6.09 Å². The summed E-state index contributed by atoms with van der Waals surface area (Å²) in [6.07, 6.45) is 0.623. The maximum Gasteiger partial charge on any atom is 0.410 e. The fraction of sp³-hybridized carbons (Fsp3) is 0.625. The summed E-state index contributed by atoms with van der Waals surface area (Å²) in [5.41, 5.74) is -0.398. The van der Waals surface area contributed by atoms with Crippen molar-refractivity contribution in [1.29, 1.82) is 0 Å². The minimum atomic E-state index is -0.773. The van der Waals surface area contributed by atoms with E-state index in [-0.39, 0.29) is 24.5 Å². The molecule has 0 aromatic heterocycles. The maximum atomic E-state index is 13.7. The van der Waals surface area contributed by atoms with Crippen LogP contribution in [0.4, 0.5) is 10.5 Å². The van der Waals surface area contributed by atoms with Gasteiger partial charge in [0, 0.05) is 31.9 Å². The molecule has 180 valence electrons. The van der Waals surface area contributed by atoms with Crippen LogP contribution in [0, 0.1) is 0 Å². The van der Waals surface area contributed by atoms with Crippen LogP contribution < -0.4 is 4.90 Å². The predicted molar refractivity (Wildman–Crippen MR) is 123 cm³/mol. The number of carbonyl (C=O) groups is 3. The molecule has 3 heterocycles. The first-order chi connectivity index (χ1) is 15.7. The Morgan fingerprint density at radius 2 is 1.64 bits per heavy atom. The van der Waals surface area contributed by atoms with Gasteiger partial charge in [-0.15, -0.1) is 0 Å². The highest BCUT2D eigenvalue weighted by atomic mass is 16.6. The zero-order valence-electron chi connectivity index (χ0n) is 19.8. The first-order valence-electron chi connectivity index (χ1n) is 11.7. The van der Waals surface area contributed by atoms with Crippen LogP contribution in [0.15, 0.2) is 30.3 Å². The van der Waals surface area contributed by atoms with Crippen molar-refractivity contribution in [2.24, 2.45) is 0 Å². The highest BCUT2D eigenvalue weighted by Crippen LogP contribution is 2.39. The molecule has 0 aliphatic carbocycles. The van der Waals surface area contributed by atoms with Crippen molar-refractivity contribution in [3.05, 3.63) is 30.3 Å². The smallest absolute Gasteiger partial charge is 0.410 e. The van der Waals surface area contributed by atoms with E-state index in [1.807, 2.05) is 51.1 Å². The molecule has 9 heteroatoms. The Labute approximate surface area is 195 Å². The van der Waals surface area contributed by atoms with Gasteiger partial charge in [0.1, 0.15) is 17.7 Å². The second-order valence-electron chi connectivity index (χ2n) is 9.90. The van der Waals surface area contributed by atoms with E-state index in [0.717, 1.165) is 5.69 Å². The molecule has 3 aliphatic rings. The highest BCUT2D eigenvalue weighted by molar-refractivity contribution is 5.96. The van der Waals surface area contributed by atoms with E-state index >= 15 is 0 Å². The quantitative estimate of drug-likeness (QED) is 0.688. The molecule has 3 saturated heterocycles. The molecule has 0 radical (unpaired) electrons. The van der Waals surface area contributed by atoms with Gasteiger partial charge in [0.2, 0.25) is 5.91 Å². The summed E-state index contributed by atoms with van der Waals surface area (Å²) >= 11 is 0. The van der Waals surface area contributed by atoms with Crippen LogP contribution in [0.25, 0.3) is 0 Å². The number of para-hydroxylation sites is 1. The molecule has 0 N–H and O–H groups in total. The summed E-state index contributed by atoms with van der Waals surface area (Å²) < 4.78 is 10.9. The number of hydrogen-bond donors (Lipinski definition) is 0. The lowest BCUT2D eigenvalue weighted by Crippen LogP contribution is -2.58. The molecule has 4 rings (SSSR count). The molecule has 0 saturated carbocycles. The Morgan fingerprint density at radius 3 is 2.24 bits per heavy atom. The van der Waals surface area contributed by atoms with Gasteiger partial charge in [-0.05, 0) is 45.7 Å². The second-order valence-corrected chi connectivity index (χ2v) is 9.90. The van der Waals surface area contributed by atoms with E-state index < -0.39 is 11.1 Å². The van der Waals surface area contributed by atoms with Gasteiger partial charge in [0.25, 0.3) is 5.91 Å². The van der Waals surface area contributed by atoms with Crippen LogP contribution in [0.5, 0.6) is 0 Å². The number of carbonyl (C=O) groups excluding carboxylic acids is 3. The number of benzene rings is 1. The monoisotopic (exact) mass is 458 g/mol. The number of rotatable bonds is 3. The average Bonchev–Trinajstić information content (AvgIpc) is 3.05. The first-order valence-corrected chi connectivity index (χ1v) is 11.7. The molecule has 0 unspecified atom stereocenters. The van der Waals surface area contributed by atoms with Crippen LogP contribution in [0.3, 0.4) is 0 Å². The van der Waals surface area contributed by atoms with Gasteiger partial charge < -0.3 is 29.1 Å². The lowest BCUT2D eigenvalue weighted by Gasteiger charge is -2.43. The van der Waals surface area contributed by atoms with Crippen molar-refractivity contribution in [1.82, 2.24) is 14.7 Å². The molecule has 0 bridgehead atoms. The molecule has 3 amide bonds. The predicted octanol–water partition coefficient (Wildman–Crippen LogP) is 1.92. The van der Waals surface area contributed by atoms with Gasteiger partial charge in [-0.1, -0.05) is 18.2 Å². The lowest BCUT2D eigenvalue weighted by molar-refractivity contribution is -0.143. The van der Waals surface area contributed by atoms with Crippen molar-refractivity contribution in [2.75, 3.05) is 57.5 Å². The lowest BCUT2D eigenvalue weighted by atomic mass is 9.85. The summed E-state index contributed by atoms with van der Waals surface area (Å²) in [6.45, 7) is 8.96. The van der Waals surface area contributed by atoms with E-state index in [1.165, 1.54) is 0 Å². The number of nitrogens with zero attached hydrogens (tertiary/aromatic N) is 4. The summed E-state index contributed by atoms with van der Waals surface area (Å²) in [5.74, 6) is -0.0975. The SMILES string of the molecule is CC(C)(C)OC(=O)N1CCC2(CC1)C(=O)N(CC(=O)N1CCOCC1)CN2c1ccccc1. The summed E-state index contributed by atoms with van der Waals surface area (Å²) in [7, 11) is 0. The third kappa shape index (κ3) is 4.93. The average molecular weight is 459 g/mol. The number of piperidine rings is 1. The third-order valence-electron chi connectivity index (χ3n) is 6.51. The Hall–Kier alpha value is -2.81. The number of ether oxygens (including phenoxy) is 2. The summed E-state index contributed by atoms with van der Waals surface area (Å²) in [5, 5.41) is 0. The fourth-order valence-corrected chi connectivity index (χ4v) is 4.78. The van der Waals surface area contributed by atoms with Crippen LogP contribution in [0.2, 0.25) is 0 Å². The number of likely N-dealkylation sites (tertiary alicyclic amines) is 1. The molecular formula is C24H34N4O5. The highest BCUT2D eigenvalue weighted by Gasteiger charge is 2.54. The number of hydrogen-bond acceptors (Lipinski definition) is 6. The van der Waals surface area contributed by atoms with Crippen molar-refractivity contribution in [2.45, 2.75) is 44.8 Å². The normalized spacial score (nSPS) is 21.0. The Bertz CT molecular complexity index is 871. The zero-order chi connectivity index (χ0) is 23.6. The summed E-state index contributed by atoms with van der Waals surface area (Å²) in [4.78, 5) is 46.4. The van der Waals surface area contributed by atoms with Gasteiger partial charge in [-0.2, -0.15) is 0 Å². The molecule has 1 aromatic carbocycles. The molecule has 3 fully saturated rings. The van der Waals surface area contributed by atoms with Crippen LogP contribution in [0.1, 0.15) is 33.6 Å². The summed E-state index contributed by atoms with van der Waals surface area (Å²) in [6, 6.07) is 9.82. The van der Waals surface area contributed by atoms with Crippen molar-refractivity contribution in [3.8, 4) is 0 Å². The first kappa shape index (κ1) is 23.4. The minimum absolute atomic E-state index is 0.0446. The second kappa shape index (κ2) is 9.21. The molecule has 0 atom stereocenters. The molecule has 1 aromatic rings. The van der Waals surface area contributed by atoms with Crippen molar-refractivity contribution < 1.29 is 23.9 Å². The standard InChI is InChI=1S/C24H34N4O5/c1-23(2,3)33-22(31)26-11-9-24(10-12-26)21(30)27(17-20(29)25-13-15-32-16-14-25)18-28(24)19-7-5-4-6-8-19/h4-8H,9-18H2,1-3H3.